The average molecular weight is 467 g/mol. The highest BCUT2D eigenvalue weighted by atomic mass is 32.2. The van der Waals surface area contributed by atoms with Crippen LogP contribution in [-0.4, -0.2) is 41.3 Å². The van der Waals surface area contributed by atoms with E-state index in [0.717, 1.165) is 12.1 Å². The number of carboxylic acids is 1. The van der Waals surface area contributed by atoms with Crippen LogP contribution in [0.5, 0.6) is 0 Å². The van der Waals surface area contributed by atoms with E-state index in [4.69, 9.17) is 14.1 Å². The number of nitrogens with zero attached hydrogens (tertiary/aromatic N) is 1. The average Bonchev–Trinajstić information content (AvgIpc) is 3.02. The molecule has 0 aliphatic heterocycles. The molecule has 0 saturated heterocycles. The lowest BCUT2D eigenvalue weighted by atomic mass is 10.1. The van der Waals surface area contributed by atoms with Gasteiger partial charge in [-0.3, -0.25) is 9.35 Å². The number of aliphatic carboxylic acids is 1. The van der Waals surface area contributed by atoms with E-state index >= 15 is 0 Å². The maximum Gasteiger partial charge on any atom is 0.346 e. The van der Waals surface area contributed by atoms with Crippen molar-refractivity contribution in [2.24, 2.45) is 0 Å². The molecule has 11 heteroatoms. The van der Waals surface area contributed by atoms with Crippen LogP contribution in [0, 0.1) is 6.92 Å². The first-order valence-electron chi connectivity index (χ1n) is 9.58. The summed E-state index contributed by atoms with van der Waals surface area (Å²) in [4.78, 5) is 28.4. The minimum absolute atomic E-state index is 0.146. The Morgan fingerprint density at radius 3 is 2.71 bits per heavy atom. The molecule has 2 heterocycles. The normalized spacial score (nSPS) is 11.7. The smallest absolute Gasteiger partial charge is 0.346 e. The lowest BCUT2D eigenvalue weighted by molar-refractivity contribution is -0.136. The topological polar surface area (TPSA) is 147 Å². The monoisotopic (exact) mass is 466 g/mol. The van der Waals surface area contributed by atoms with Crippen LogP contribution in [0.1, 0.15) is 29.8 Å². The highest BCUT2D eigenvalue weighted by Gasteiger charge is 2.16. The van der Waals surface area contributed by atoms with Gasteiger partial charge in [0.25, 0.3) is 10.1 Å². The fourth-order valence-corrected chi connectivity index (χ4v) is 4.66. The maximum absolute atomic E-state index is 12.5. The Morgan fingerprint density at radius 2 is 2.00 bits per heavy atom. The van der Waals surface area contributed by atoms with Crippen molar-refractivity contribution in [1.82, 2.24) is 4.98 Å². The Balaban J connectivity index is 1.70. The van der Waals surface area contributed by atoms with Crippen LogP contribution in [0.15, 0.2) is 33.5 Å². The first-order valence-corrected chi connectivity index (χ1v) is 12.0. The van der Waals surface area contributed by atoms with Crippen LogP contribution >= 0.6 is 11.3 Å². The van der Waals surface area contributed by atoms with E-state index in [1.54, 1.807) is 25.1 Å². The minimum atomic E-state index is -3.91. The van der Waals surface area contributed by atoms with Crippen molar-refractivity contribution in [2.75, 3.05) is 17.6 Å². The lowest BCUT2D eigenvalue weighted by Gasteiger charge is -2.07. The number of carbonyl (C=O) groups is 1. The third-order valence-electron chi connectivity index (χ3n) is 4.58. The van der Waals surface area contributed by atoms with Gasteiger partial charge in [0.2, 0.25) is 0 Å². The molecule has 0 spiro atoms. The van der Waals surface area contributed by atoms with Crippen LogP contribution in [0.3, 0.4) is 0 Å². The molecular weight excluding hydrogens is 444 g/mol. The highest BCUT2D eigenvalue weighted by Crippen LogP contribution is 2.29. The van der Waals surface area contributed by atoms with E-state index in [1.807, 2.05) is 6.07 Å². The number of aromatic nitrogens is 1. The van der Waals surface area contributed by atoms with Crippen molar-refractivity contribution in [1.29, 1.82) is 0 Å². The van der Waals surface area contributed by atoms with Gasteiger partial charge in [0.05, 0.1) is 23.4 Å². The van der Waals surface area contributed by atoms with E-state index < -0.39 is 21.7 Å². The zero-order valence-corrected chi connectivity index (χ0v) is 18.4. The number of benzene rings is 1. The van der Waals surface area contributed by atoms with Crippen molar-refractivity contribution in [3.8, 4) is 10.6 Å². The molecule has 31 heavy (non-hydrogen) atoms. The van der Waals surface area contributed by atoms with E-state index in [2.05, 4.69) is 10.3 Å². The molecule has 0 bridgehead atoms. The minimum Gasteiger partial charge on any atom is -0.481 e. The summed E-state index contributed by atoms with van der Waals surface area (Å²) in [6.07, 6.45) is 1.61. The summed E-state index contributed by atoms with van der Waals surface area (Å²) in [7, 11) is -3.91. The molecular formula is C20H22N2O7S2. The number of anilines is 1. The molecule has 3 aromatic rings. The molecule has 3 rings (SSSR count). The van der Waals surface area contributed by atoms with Crippen LogP contribution in [0.2, 0.25) is 0 Å². The molecule has 0 radical (unpaired) electrons. The van der Waals surface area contributed by atoms with Gasteiger partial charge in [-0.2, -0.15) is 8.42 Å². The van der Waals surface area contributed by atoms with E-state index in [0.29, 0.717) is 45.9 Å². The third kappa shape index (κ3) is 6.36. The quantitative estimate of drug-likeness (QED) is 0.232. The van der Waals surface area contributed by atoms with Crippen LogP contribution in [0.25, 0.3) is 21.5 Å². The Labute approximate surface area is 182 Å². The summed E-state index contributed by atoms with van der Waals surface area (Å²) >= 11 is 1.17. The van der Waals surface area contributed by atoms with Gasteiger partial charge in [0.1, 0.15) is 10.6 Å². The predicted octanol–water partition coefficient (Wildman–Crippen LogP) is 3.32. The van der Waals surface area contributed by atoms with Crippen molar-refractivity contribution < 1.29 is 27.3 Å². The first kappa shape index (κ1) is 22.9. The number of fused-ring (bicyclic) bond motifs is 1. The predicted molar refractivity (Wildman–Crippen MR) is 118 cm³/mol. The Morgan fingerprint density at radius 1 is 1.23 bits per heavy atom. The summed E-state index contributed by atoms with van der Waals surface area (Å²) in [6, 6.07) is 7.04. The highest BCUT2D eigenvalue weighted by molar-refractivity contribution is 7.85. The standard InChI is InChI=1S/C20H22N2O7S2/c1-12-17(11-18(23)24)30-19(22-12)15-9-13-5-6-14(10-16(13)29-20(15)25)21-7-3-2-4-8-31(26,27)28/h5-6,9-10,21H,2-4,7-8,11H2,1H3,(H,23,24)(H,26,27,28). The second-order valence-electron chi connectivity index (χ2n) is 7.07. The van der Waals surface area contributed by atoms with Crippen LogP contribution in [-0.2, 0) is 21.3 Å². The molecule has 1 aromatic carbocycles. The first-order chi connectivity index (χ1) is 14.6. The van der Waals surface area contributed by atoms with E-state index in [1.165, 1.54) is 11.3 Å². The molecule has 0 atom stereocenters. The maximum atomic E-state index is 12.5. The molecule has 0 fully saturated rings. The Bertz CT molecular complexity index is 1260. The molecule has 0 aliphatic carbocycles. The van der Waals surface area contributed by atoms with Gasteiger partial charge in [0, 0.05) is 28.6 Å². The van der Waals surface area contributed by atoms with Crippen molar-refractivity contribution in [2.45, 2.75) is 32.6 Å². The third-order valence-corrected chi connectivity index (χ3v) is 6.57. The Hall–Kier alpha value is -2.76. The number of carboxylic acid groups (broad SMARTS) is 1. The van der Waals surface area contributed by atoms with Gasteiger partial charge in [0.15, 0.2) is 0 Å². The van der Waals surface area contributed by atoms with Gasteiger partial charge in [-0.25, -0.2) is 9.78 Å². The van der Waals surface area contributed by atoms with Crippen LogP contribution < -0.4 is 10.9 Å². The summed E-state index contributed by atoms with van der Waals surface area (Å²) in [5.41, 5.74) is 1.48. The zero-order valence-electron chi connectivity index (χ0n) is 16.8. The SMILES string of the molecule is Cc1nc(-c2cc3ccc(NCCCCCS(=O)(=O)O)cc3oc2=O)sc1CC(=O)O. The van der Waals surface area contributed by atoms with E-state index in [-0.39, 0.29) is 17.7 Å². The van der Waals surface area contributed by atoms with Crippen molar-refractivity contribution in [3.63, 3.8) is 0 Å². The second-order valence-corrected chi connectivity index (χ2v) is 9.73. The summed E-state index contributed by atoms with van der Waals surface area (Å²) < 4.78 is 35.5. The number of nitrogens with one attached hydrogen (secondary N) is 1. The molecule has 2 aromatic heterocycles. The van der Waals surface area contributed by atoms with Crippen molar-refractivity contribution >= 4 is 44.1 Å². The molecule has 0 amide bonds. The van der Waals surface area contributed by atoms with E-state index in [9.17, 15) is 18.0 Å². The summed E-state index contributed by atoms with van der Waals surface area (Å²) in [5, 5.41) is 13.3. The number of thiazole rings is 1. The molecule has 0 saturated carbocycles. The lowest BCUT2D eigenvalue weighted by Crippen LogP contribution is -2.06. The fraction of sp³-hybridized carbons (Fsp3) is 0.350. The Kier molecular flexibility index (Phi) is 7.08. The van der Waals surface area contributed by atoms with Gasteiger partial charge in [-0.15, -0.1) is 11.3 Å². The molecule has 9 nitrogen and oxygen atoms in total. The molecule has 166 valence electrons. The fourth-order valence-electron chi connectivity index (χ4n) is 3.03. The largest absolute Gasteiger partial charge is 0.481 e. The summed E-state index contributed by atoms with van der Waals surface area (Å²) in [6.45, 7) is 2.31. The molecule has 0 unspecified atom stereocenters. The van der Waals surface area contributed by atoms with Gasteiger partial charge in [-0.1, -0.05) is 6.42 Å². The molecule has 0 aliphatic rings. The molecule has 3 N–H and O–H groups in total. The summed E-state index contributed by atoms with van der Waals surface area (Å²) in [5.74, 6) is -1.20. The van der Waals surface area contributed by atoms with Gasteiger partial charge >= 0.3 is 11.6 Å². The van der Waals surface area contributed by atoms with Crippen molar-refractivity contribution in [3.05, 3.63) is 45.3 Å². The van der Waals surface area contributed by atoms with Gasteiger partial charge in [-0.05, 0) is 38.0 Å². The van der Waals surface area contributed by atoms with Gasteiger partial charge < -0.3 is 14.8 Å². The van der Waals surface area contributed by atoms with Crippen LogP contribution in [0.4, 0.5) is 5.69 Å². The number of aryl methyl sites for hydroxylation is 1. The number of unbranched alkanes of at least 4 members (excludes halogenated alkanes) is 2. The number of hydrogen-bond acceptors (Lipinski definition) is 8. The number of rotatable bonds is 10. The number of hydrogen-bond donors (Lipinski definition) is 3. The second kappa shape index (κ2) is 9.58. The zero-order chi connectivity index (χ0) is 22.6.